The van der Waals surface area contributed by atoms with Crippen molar-refractivity contribution < 1.29 is 4.79 Å². The standard InChI is InChI=1S/C20H24N2O/c1-22(14-13-16-5-3-2-4-6-16)15-17-7-9-18(10-8-17)20(23)21-19-11-12-19/h2-10,19H,11-15H2,1H3,(H,21,23). The Morgan fingerprint density at radius 3 is 2.39 bits per heavy atom. The van der Waals surface area contributed by atoms with Gasteiger partial charge in [-0.3, -0.25) is 4.79 Å². The number of nitrogens with zero attached hydrogens (tertiary/aromatic N) is 1. The van der Waals surface area contributed by atoms with Crippen molar-refractivity contribution in [2.45, 2.75) is 31.8 Å². The molecule has 120 valence electrons. The van der Waals surface area contributed by atoms with Gasteiger partial charge in [0, 0.05) is 24.7 Å². The van der Waals surface area contributed by atoms with Crippen molar-refractivity contribution >= 4 is 5.91 Å². The van der Waals surface area contributed by atoms with Crippen molar-refractivity contribution in [1.29, 1.82) is 0 Å². The molecular formula is C20H24N2O. The number of amides is 1. The van der Waals surface area contributed by atoms with Crippen LogP contribution in [-0.2, 0) is 13.0 Å². The molecule has 3 rings (SSSR count). The molecule has 3 nitrogen and oxygen atoms in total. The number of carbonyl (C=O) groups excluding carboxylic acids is 1. The van der Waals surface area contributed by atoms with Gasteiger partial charge in [-0.05, 0) is 49.6 Å². The van der Waals surface area contributed by atoms with Gasteiger partial charge in [-0.2, -0.15) is 0 Å². The number of hydrogen-bond donors (Lipinski definition) is 1. The molecule has 1 fully saturated rings. The highest BCUT2D eigenvalue weighted by atomic mass is 16.1. The summed E-state index contributed by atoms with van der Waals surface area (Å²) in [6, 6.07) is 18.9. The Bertz CT molecular complexity index is 632. The van der Waals surface area contributed by atoms with E-state index in [0.717, 1.165) is 37.9 Å². The minimum Gasteiger partial charge on any atom is -0.349 e. The SMILES string of the molecule is CN(CCc1ccccc1)Cc1ccc(C(=O)NC2CC2)cc1. The van der Waals surface area contributed by atoms with Crippen LogP contribution in [0.25, 0.3) is 0 Å². The third-order valence-electron chi connectivity index (χ3n) is 4.21. The van der Waals surface area contributed by atoms with Gasteiger partial charge < -0.3 is 10.2 Å². The average molecular weight is 308 g/mol. The lowest BCUT2D eigenvalue weighted by Crippen LogP contribution is -2.25. The molecule has 0 spiro atoms. The molecule has 0 atom stereocenters. The van der Waals surface area contributed by atoms with E-state index >= 15 is 0 Å². The van der Waals surface area contributed by atoms with Gasteiger partial charge in [0.05, 0.1) is 0 Å². The number of likely N-dealkylation sites (N-methyl/N-ethyl adjacent to an activating group) is 1. The average Bonchev–Trinajstić information content (AvgIpc) is 3.38. The highest BCUT2D eigenvalue weighted by Gasteiger charge is 2.23. The number of benzene rings is 2. The summed E-state index contributed by atoms with van der Waals surface area (Å²) in [4.78, 5) is 14.3. The number of carbonyl (C=O) groups is 1. The summed E-state index contributed by atoms with van der Waals surface area (Å²) in [6.07, 6.45) is 3.30. The van der Waals surface area contributed by atoms with Gasteiger partial charge in [-0.25, -0.2) is 0 Å². The Morgan fingerprint density at radius 1 is 1.04 bits per heavy atom. The summed E-state index contributed by atoms with van der Waals surface area (Å²) in [5.74, 6) is 0.0523. The van der Waals surface area contributed by atoms with E-state index in [9.17, 15) is 4.79 Å². The number of hydrogen-bond acceptors (Lipinski definition) is 2. The van der Waals surface area contributed by atoms with Crippen LogP contribution in [0.3, 0.4) is 0 Å². The van der Waals surface area contributed by atoms with Crippen LogP contribution in [0.1, 0.15) is 34.3 Å². The normalized spacial score (nSPS) is 14.0. The zero-order chi connectivity index (χ0) is 16.1. The van der Waals surface area contributed by atoms with E-state index in [2.05, 4.69) is 53.7 Å². The molecule has 0 radical (unpaired) electrons. The highest BCUT2D eigenvalue weighted by Crippen LogP contribution is 2.19. The number of nitrogens with one attached hydrogen (secondary N) is 1. The molecule has 0 aliphatic heterocycles. The van der Waals surface area contributed by atoms with Crippen LogP contribution in [0.2, 0.25) is 0 Å². The van der Waals surface area contributed by atoms with Gasteiger partial charge in [-0.1, -0.05) is 42.5 Å². The Kier molecular flexibility index (Phi) is 5.09. The highest BCUT2D eigenvalue weighted by molar-refractivity contribution is 5.94. The van der Waals surface area contributed by atoms with Crippen LogP contribution in [-0.4, -0.2) is 30.4 Å². The fourth-order valence-electron chi connectivity index (χ4n) is 2.61. The Balaban J connectivity index is 1.48. The third kappa shape index (κ3) is 4.93. The predicted octanol–water partition coefficient (Wildman–Crippen LogP) is 3.25. The summed E-state index contributed by atoms with van der Waals surface area (Å²) in [5.41, 5.74) is 3.36. The monoisotopic (exact) mass is 308 g/mol. The minimum atomic E-state index is 0.0523. The van der Waals surface area contributed by atoms with E-state index < -0.39 is 0 Å². The van der Waals surface area contributed by atoms with Crippen molar-refractivity contribution in [3.8, 4) is 0 Å². The predicted molar refractivity (Wildman–Crippen MR) is 93.4 cm³/mol. The van der Waals surface area contributed by atoms with E-state index in [4.69, 9.17) is 0 Å². The first-order chi connectivity index (χ1) is 11.2. The molecule has 1 N–H and O–H groups in total. The van der Waals surface area contributed by atoms with E-state index in [-0.39, 0.29) is 5.91 Å². The van der Waals surface area contributed by atoms with Crippen LogP contribution in [0, 0.1) is 0 Å². The lowest BCUT2D eigenvalue weighted by Gasteiger charge is -2.17. The van der Waals surface area contributed by atoms with Crippen LogP contribution in [0.5, 0.6) is 0 Å². The van der Waals surface area contributed by atoms with E-state index in [1.807, 2.05) is 18.2 Å². The van der Waals surface area contributed by atoms with Crippen LogP contribution < -0.4 is 5.32 Å². The summed E-state index contributed by atoms with van der Waals surface area (Å²) >= 11 is 0. The summed E-state index contributed by atoms with van der Waals surface area (Å²) in [6.45, 7) is 1.92. The molecule has 23 heavy (non-hydrogen) atoms. The van der Waals surface area contributed by atoms with Crippen molar-refractivity contribution in [3.63, 3.8) is 0 Å². The van der Waals surface area contributed by atoms with Gasteiger partial charge in [0.15, 0.2) is 0 Å². The van der Waals surface area contributed by atoms with Gasteiger partial charge in [0.2, 0.25) is 0 Å². The lowest BCUT2D eigenvalue weighted by atomic mass is 10.1. The Labute approximate surface area is 138 Å². The largest absolute Gasteiger partial charge is 0.349 e. The molecule has 2 aromatic rings. The molecule has 0 unspecified atom stereocenters. The quantitative estimate of drug-likeness (QED) is 0.851. The fraction of sp³-hybridized carbons (Fsp3) is 0.350. The molecule has 3 heteroatoms. The number of rotatable bonds is 7. The molecule has 1 amide bonds. The summed E-state index contributed by atoms with van der Waals surface area (Å²) < 4.78 is 0. The van der Waals surface area contributed by atoms with Crippen molar-refractivity contribution in [3.05, 3.63) is 71.3 Å². The zero-order valence-corrected chi connectivity index (χ0v) is 13.7. The van der Waals surface area contributed by atoms with Gasteiger partial charge >= 0.3 is 0 Å². The van der Waals surface area contributed by atoms with Crippen LogP contribution in [0.15, 0.2) is 54.6 Å². The van der Waals surface area contributed by atoms with Gasteiger partial charge in [-0.15, -0.1) is 0 Å². The fourth-order valence-corrected chi connectivity index (χ4v) is 2.61. The second-order valence-corrected chi connectivity index (χ2v) is 6.42. The molecule has 0 aromatic heterocycles. The van der Waals surface area contributed by atoms with Crippen molar-refractivity contribution in [1.82, 2.24) is 10.2 Å². The first-order valence-corrected chi connectivity index (χ1v) is 8.33. The molecule has 0 bridgehead atoms. The van der Waals surface area contributed by atoms with Gasteiger partial charge in [0.1, 0.15) is 0 Å². The second kappa shape index (κ2) is 7.42. The lowest BCUT2D eigenvalue weighted by molar-refractivity contribution is 0.0951. The molecule has 1 aliphatic rings. The molecule has 1 saturated carbocycles. The maximum Gasteiger partial charge on any atom is 0.251 e. The van der Waals surface area contributed by atoms with E-state index in [1.165, 1.54) is 11.1 Å². The molecule has 0 heterocycles. The van der Waals surface area contributed by atoms with Crippen LogP contribution >= 0.6 is 0 Å². The smallest absolute Gasteiger partial charge is 0.251 e. The van der Waals surface area contributed by atoms with E-state index in [0.29, 0.717) is 6.04 Å². The van der Waals surface area contributed by atoms with Crippen LogP contribution in [0.4, 0.5) is 0 Å². The maximum atomic E-state index is 12.0. The van der Waals surface area contributed by atoms with Crippen molar-refractivity contribution in [2.24, 2.45) is 0 Å². The molecule has 1 aliphatic carbocycles. The van der Waals surface area contributed by atoms with E-state index in [1.54, 1.807) is 0 Å². The molecule has 2 aromatic carbocycles. The molecule has 0 saturated heterocycles. The second-order valence-electron chi connectivity index (χ2n) is 6.42. The first-order valence-electron chi connectivity index (χ1n) is 8.33. The minimum absolute atomic E-state index is 0.0523. The Morgan fingerprint density at radius 2 is 1.74 bits per heavy atom. The first kappa shape index (κ1) is 15.8. The maximum absolute atomic E-state index is 12.0. The third-order valence-corrected chi connectivity index (χ3v) is 4.21. The summed E-state index contributed by atoms with van der Waals surface area (Å²) in [5, 5.41) is 3.02. The topological polar surface area (TPSA) is 32.3 Å². The zero-order valence-electron chi connectivity index (χ0n) is 13.7. The van der Waals surface area contributed by atoms with Crippen molar-refractivity contribution in [2.75, 3.05) is 13.6 Å². The molecular weight excluding hydrogens is 284 g/mol. The van der Waals surface area contributed by atoms with Gasteiger partial charge in [0.25, 0.3) is 5.91 Å². The Hall–Kier alpha value is -2.13. The summed E-state index contributed by atoms with van der Waals surface area (Å²) in [7, 11) is 2.14.